The van der Waals surface area contributed by atoms with Crippen LogP contribution in [0.2, 0.25) is 0 Å². The molecule has 4 aliphatic rings. The van der Waals surface area contributed by atoms with Gasteiger partial charge in [-0.25, -0.2) is 0 Å². The van der Waals surface area contributed by atoms with Crippen LogP contribution in [0.25, 0.3) is 0 Å². The van der Waals surface area contributed by atoms with Crippen molar-refractivity contribution in [3.8, 4) is 5.75 Å². The number of nitrogens with one attached hydrogen (secondary N) is 1. The van der Waals surface area contributed by atoms with Crippen LogP contribution in [0.4, 0.5) is 5.69 Å². The molecule has 0 aromatic heterocycles. The molecule has 2 N–H and O–H groups in total. The number of methoxy groups -OCH3 is 1. The van der Waals surface area contributed by atoms with Gasteiger partial charge in [-0.1, -0.05) is 25.1 Å². The summed E-state index contributed by atoms with van der Waals surface area (Å²) in [4.78, 5) is 30.7. The predicted molar refractivity (Wildman–Crippen MR) is 128 cm³/mol. The molecule has 3 heterocycles. The van der Waals surface area contributed by atoms with E-state index in [0.717, 1.165) is 36.5 Å². The number of likely N-dealkylation sites (N-methyl/N-ethyl adjacent to an activating group) is 2. The molecule has 8 nitrogen and oxygen atoms in total. The summed E-state index contributed by atoms with van der Waals surface area (Å²) in [5.41, 5.74) is -1.15. The Balaban J connectivity index is 1.85. The monoisotopic (exact) mass is 469 g/mol. The number of benzene rings is 1. The maximum absolute atomic E-state index is 13.8. The molecule has 34 heavy (non-hydrogen) atoms. The van der Waals surface area contributed by atoms with Gasteiger partial charge in [0.25, 0.3) is 5.91 Å². The lowest BCUT2D eigenvalue weighted by Crippen LogP contribution is -2.82. The van der Waals surface area contributed by atoms with E-state index in [2.05, 4.69) is 35.4 Å². The molecule has 2 fully saturated rings. The molecular formula is C26H35N3O5. The summed E-state index contributed by atoms with van der Waals surface area (Å²) < 4.78 is 11.5. The number of anilines is 1. The van der Waals surface area contributed by atoms with E-state index in [1.54, 1.807) is 7.11 Å². The number of rotatable bonds is 5. The number of hydrogen-bond donors (Lipinski definition) is 2. The summed E-state index contributed by atoms with van der Waals surface area (Å²) in [5, 5.41) is 15.5. The molecule has 6 atom stereocenters. The molecule has 1 saturated carbocycles. The Labute approximate surface area is 200 Å². The smallest absolute Gasteiger partial charge is 0.303 e. The van der Waals surface area contributed by atoms with Gasteiger partial charge in [0.15, 0.2) is 6.10 Å². The molecule has 1 aromatic rings. The number of carbonyl (C=O) groups is 2. The summed E-state index contributed by atoms with van der Waals surface area (Å²) in [6.45, 7) is 7.23. The first-order valence-corrected chi connectivity index (χ1v) is 12.2. The number of fused-ring (bicyclic) bond motifs is 1. The third-order valence-corrected chi connectivity index (χ3v) is 8.81. The minimum atomic E-state index is -1.97. The van der Waals surface area contributed by atoms with E-state index in [9.17, 15) is 14.7 Å². The van der Waals surface area contributed by atoms with Crippen LogP contribution in [0.15, 0.2) is 30.4 Å². The molecule has 3 aliphatic heterocycles. The van der Waals surface area contributed by atoms with E-state index in [1.807, 2.05) is 31.0 Å². The molecule has 0 bridgehead atoms. The second-order valence-corrected chi connectivity index (χ2v) is 10.1. The van der Waals surface area contributed by atoms with Gasteiger partial charge >= 0.3 is 5.97 Å². The zero-order chi connectivity index (χ0) is 24.5. The SMILES string of the molecule is CCNC(=O)C1(O)[C@@H]2N(C)c3cc(OC)ccc3C23CCN2CC=C[C@](CC)([C@H]23)[C@H]1OC(C)=O. The van der Waals surface area contributed by atoms with Crippen LogP contribution in [-0.4, -0.2) is 79.5 Å². The number of nitrogens with zero attached hydrogens (tertiary/aromatic N) is 2. The second-order valence-electron chi connectivity index (χ2n) is 10.1. The second kappa shape index (κ2) is 7.71. The number of ether oxygens (including phenoxy) is 2. The van der Waals surface area contributed by atoms with Gasteiger partial charge in [-0.2, -0.15) is 0 Å². The normalized spacial score (nSPS) is 37.6. The van der Waals surface area contributed by atoms with Crippen molar-refractivity contribution in [3.63, 3.8) is 0 Å². The van der Waals surface area contributed by atoms with Crippen molar-refractivity contribution in [1.82, 2.24) is 10.2 Å². The summed E-state index contributed by atoms with van der Waals surface area (Å²) in [6.07, 6.45) is 4.59. The van der Waals surface area contributed by atoms with Crippen molar-refractivity contribution in [1.29, 1.82) is 0 Å². The van der Waals surface area contributed by atoms with Crippen LogP contribution in [0.3, 0.4) is 0 Å². The predicted octanol–water partition coefficient (Wildman–Crippen LogP) is 1.60. The first kappa shape index (κ1) is 23.2. The summed E-state index contributed by atoms with van der Waals surface area (Å²) in [6, 6.07) is 5.39. The van der Waals surface area contributed by atoms with Crippen molar-refractivity contribution in [2.45, 2.75) is 62.8 Å². The van der Waals surface area contributed by atoms with Gasteiger partial charge in [0.05, 0.1) is 13.2 Å². The fourth-order valence-electron chi connectivity index (χ4n) is 7.84. The Morgan fingerprint density at radius 2 is 2.03 bits per heavy atom. The van der Waals surface area contributed by atoms with Crippen LogP contribution in [0.5, 0.6) is 5.75 Å². The quantitative estimate of drug-likeness (QED) is 0.500. The highest BCUT2D eigenvalue weighted by Gasteiger charge is 2.79. The van der Waals surface area contributed by atoms with Crippen molar-refractivity contribution in [3.05, 3.63) is 35.9 Å². The first-order valence-electron chi connectivity index (χ1n) is 12.2. The highest BCUT2D eigenvalue weighted by molar-refractivity contribution is 5.90. The third kappa shape index (κ3) is 2.61. The Bertz CT molecular complexity index is 1060. The zero-order valence-corrected chi connectivity index (χ0v) is 20.6. The standard InChI is InChI=1S/C26H35N3O5/c1-6-24-11-8-13-29-14-12-25(20(24)29)18-10-9-17(33-5)15-19(18)28(4)21(25)26(32,23(31)27-7-2)22(24)34-16(3)30/h8-11,15,20-22,32H,6-7,12-14H2,1-5H3,(H,27,31)/t20-,21+,22+,24+,25?,26?/m0/s1. The van der Waals surface area contributed by atoms with Crippen LogP contribution < -0.4 is 15.0 Å². The van der Waals surface area contributed by atoms with Crippen molar-refractivity contribution in [2.75, 3.05) is 38.7 Å². The lowest BCUT2D eigenvalue weighted by molar-refractivity contribution is -0.217. The van der Waals surface area contributed by atoms with Gasteiger partial charge in [-0.05, 0) is 37.9 Å². The fraction of sp³-hybridized carbons (Fsp3) is 0.615. The van der Waals surface area contributed by atoms with E-state index in [1.165, 1.54) is 6.92 Å². The fourth-order valence-corrected chi connectivity index (χ4v) is 7.84. The largest absolute Gasteiger partial charge is 0.497 e. The molecular weight excluding hydrogens is 434 g/mol. The van der Waals surface area contributed by atoms with Gasteiger partial charge in [0.1, 0.15) is 5.75 Å². The third-order valence-electron chi connectivity index (χ3n) is 8.81. The topological polar surface area (TPSA) is 91.3 Å². The molecule has 8 heteroatoms. The molecule has 1 saturated heterocycles. The number of esters is 1. The van der Waals surface area contributed by atoms with Crippen LogP contribution in [-0.2, 0) is 19.7 Å². The maximum Gasteiger partial charge on any atom is 0.303 e. The maximum atomic E-state index is 13.8. The van der Waals surface area contributed by atoms with Crippen LogP contribution in [0, 0.1) is 5.41 Å². The first-order chi connectivity index (χ1) is 16.2. The van der Waals surface area contributed by atoms with Crippen LogP contribution in [0.1, 0.15) is 39.2 Å². The highest BCUT2D eigenvalue weighted by Crippen LogP contribution is 2.67. The average Bonchev–Trinajstić information content (AvgIpc) is 3.33. The molecule has 184 valence electrons. The number of carbonyl (C=O) groups excluding carboxylic acids is 2. The number of aliphatic hydroxyl groups is 1. The Kier molecular flexibility index (Phi) is 5.26. The van der Waals surface area contributed by atoms with Crippen molar-refractivity contribution in [2.24, 2.45) is 5.41 Å². The van der Waals surface area contributed by atoms with Crippen LogP contribution >= 0.6 is 0 Å². The average molecular weight is 470 g/mol. The van der Waals surface area contributed by atoms with E-state index >= 15 is 0 Å². The zero-order valence-electron chi connectivity index (χ0n) is 20.6. The van der Waals surface area contributed by atoms with E-state index in [-0.39, 0.29) is 6.04 Å². The molecule has 0 radical (unpaired) electrons. The van der Waals surface area contributed by atoms with Gasteiger partial charge < -0.3 is 24.8 Å². The molecule has 1 aliphatic carbocycles. The van der Waals surface area contributed by atoms with Crippen molar-refractivity contribution < 1.29 is 24.2 Å². The Hall–Kier alpha value is -2.58. The Morgan fingerprint density at radius 3 is 2.68 bits per heavy atom. The van der Waals surface area contributed by atoms with Gasteiger partial charge in [0.2, 0.25) is 5.60 Å². The minimum absolute atomic E-state index is 0.0313. The van der Waals surface area contributed by atoms with Gasteiger partial charge in [-0.3, -0.25) is 14.5 Å². The van der Waals surface area contributed by atoms with Gasteiger partial charge in [0, 0.05) is 55.7 Å². The van der Waals surface area contributed by atoms with Gasteiger partial charge in [-0.15, -0.1) is 0 Å². The van der Waals surface area contributed by atoms with E-state index < -0.39 is 40.5 Å². The van der Waals surface area contributed by atoms with E-state index in [0.29, 0.717) is 13.0 Å². The highest BCUT2D eigenvalue weighted by atomic mass is 16.6. The molecule has 5 rings (SSSR count). The summed E-state index contributed by atoms with van der Waals surface area (Å²) >= 11 is 0. The minimum Gasteiger partial charge on any atom is -0.497 e. The summed E-state index contributed by atoms with van der Waals surface area (Å²) in [7, 11) is 3.56. The lowest BCUT2D eigenvalue weighted by atomic mass is 9.47. The Morgan fingerprint density at radius 1 is 1.26 bits per heavy atom. The number of hydrogen-bond acceptors (Lipinski definition) is 7. The molecule has 2 unspecified atom stereocenters. The van der Waals surface area contributed by atoms with Crippen molar-refractivity contribution >= 4 is 17.6 Å². The molecule has 1 aromatic carbocycles. The lowest BCUT2D eigenvalue weighted by Gasteiger charge is -2.63. The molecule has 1 amide bonds. The number of amides is 1. The molecule has 1 spiro atoms. The van der Waals surface area contributed by atoms with E-state index in [4.69, 9.17) is 9.47 Å². The summed E-state index contributed by atoms with van der Waals surface area (Å²) in [5.74, 6) is -0.281.